The predicted octanol–water partition coefficient (Wildman–Crippen LogP) is 1.60. The molecule has 1 aromatic rings. The van der Waals surface area contributed by atoms with E-state index in [0.29, 0.717) is 23.6 Å². The summed E-state index contributed by atoms with van der Waals surface area (Å²) in [5.41, 5.74) is 1.26. The fourth-order valence-electron chi connectivity index (χ4n) is 2.47. The lowest BCUT2D eigenvalue weighted by atomic mass is 10.1. The zero-order valence-electron chi connectivity index (χ0n) is 11.6. The second-order valence-corrected chi connectivity index (χ2v) is 5.24. The number of rotatable bonds is 4. The number of anilines is 1. The van der Waals surface area contributed by atoms with Crippen LogP contribution in [-0.4, -0.2) is 55.4 Å². The molecule has 20 heavy (non-hydrogen) atoms. The molecule has 1 aromatic carbocycles. The summed E-state index contributed by atoms with van der Waals surface area (Å²) in [4.78, 5) is 14.2. The molecule has 1 fully saturated rings. The summed E-state index contributed by atoms with van der Waals surface area (Å²) in [6.45, 7) is 0.398. The number of carbonyl (C=O) groups is 1. The summed E-state index contributed by atoms with van der Waals surface area (Å²) >= 11 is 6.12. The minimum atomic E-state index is -0.221. The maximum absolute atomic E-state index is 12.6. The lowest BCUT2D eigenvalue weighted by Crippen LogP contribution is -2.38. The molecule has 2 N–H and O–H groups in total. The van der Waals surface area contributed by atoms with E-state index in [-0.39, 0.29) is 24.7 Å². The van der Waals surface area contributed by atoms with Gasteiger partial charge >= 0.3 is 0 Å². The number of aliphatic hydroxyl groups is 1. The molecule has 0 unspecified atom stereocenters. The predicted molar refractivity (Wildman–Crippen MR) is 78.3 cm³/mol. The lowest BCUT2D eigenvalue weighted by molar-refractivity contribution is 0.0648. The highest BCUT2D eigenvalue weighted by Crippen LogP contribution is 2.27. The number of likely N-dealkylation sites (tertiary alicyclic amines) is 1. The van der Waals surface area contributed by atoms with Crippen LogP contribution in [0, 0.1) is 0 Å². The molecule has 0 aromatic heterocycles. The largest absolute Gasteiger partial charge is 0.394 e. The van der Waals surface area contributed by atoms with Crippen molar-refractivity contribution in [3.63, 3.8) is 0 Å². The van der Waals surface area contributed by atoms with Crippen LogP contribution >= 0.6 is 11.6 Å². The van der Waals surface area contributed by atoms with Crippen LogP contribution in [0.2, 0.25) is 5.02 Å². The number of nitrogens with zero attached hydrogens (tertiary/aromatic N) is 1. The summed E-state index contributed by atoms with van der Waals surface area (Å²) in [5.74, 6) is -0.175. The summed E-state index contributed by atoms with van der Waals surface area (Å²) < 4.78 is 5.28. The maximum Gasteiger partial charge on any atom is 0.255 e. The molecule has 0 aliphatic carbocycles. The number of halogens is 1. The standard InChI is InChI=1S/C14H19ClN2O3/c1-16-9-3-4-13(15)12(5-9)14(19)17-7-11(20-2)6-10(17)8-18/h3-5,10-11,16,18H,6-8H2,1-2H3/t10-,11+/m0/s1. The van der Waals surface area contributed by atoms with Gasteiger partial charge in [0.2, 0.25) is 0 Å². The number of benzene rings is 1. The molecular formula is C14H19ClN2O3. The van der Waals surface area contributed by atoms with Crippen LogP contribution in [0.15, 0.2) is 18.2 Å². The van der Waals surface area contributed by atoms with Gasteiger partial charge in [0.05, 0.1) is 29.3 Å². The van der Waals surface area contributed by atoms with E-state index in [4.69, 9.17) is 16.3 Å². The van der Waals surface area contributed by atoms with Gasteiger partial charge in [0, 0.05) is 26.4 Å². The Morgan fingerprint density at radius 2 is 2.35 bits per heavy atom. The van der Waals surface area contributed by atoms with Gasteiger partial charge < -0.3 is 20.1 Å². The van der Waals surface area contributed by atoms with Gasteiger partial charge in [-0.25, -0.2) is 0 Å². The molecule has 0 saturated carbocycles. The first-order valence-corrected chi connectivity index (χ1v) is 6.90. The zero-order valence-corrected chi connectivity index (χ0v) is 12.4. The summed E-state index contributed by atoms with van der Waals surface area (Å²) in [6, 6.07) is 5.00. The second-order valence-electron chi connectivity index (χ2n) is 4.83. The average molecular weight is 299 g/mol. The maximum atomic E-state index is 12.6. The molecule has 1 aliphatic rings. The monoisotopic (exact) mass is 298 g/mol. The van der Waals surface area contributed by atoms with E-state index in [2.05, 4.69) is 5.32 Å². The third-order valence-electron chi connectivity index (χ3n) is 3.67. The number of hydrogen-bond donors (Lipinski definition) is 2. The normalized spacial score (nSPS) is 22.1. The Morgan fingerprint density at radius 3 is 2.95 bits per heavy atom. The molecule has 1 amide bonds. The molecule has 0 bridgehead atoms. The number of carbonyl (C=O) groups excluding carboxylic acids is 1. The van der Waals surface area contributed by atoms with Gasteiger partial charge in [0.25, 0.3) is 5.91 Å². The molecule has 1 saturated heterocycles. The fraction of sp³-hybridized carbons (Fsp3) is 0.500. The number of ether oxygens (including phenoxy) is 1. The second kappa shape index (κ2) is 6.43. The van der Waals surface area contributed by atoms with E-state index in [0.717, 1.165) is 5.69 Å². The van der Waals surface area contributed by atoms with Crippen LogP contribution in [0.4, 0.5) is 5.69 Å². The van der Waals surface area contributed by atoms with Crippen LogP contribution < -0.4 is 5.32 Å². The molecule has 0 spiro atoms. The van der Waals surface area contributed by atoms with Crippen molar-refractivity contribution in [2.24, 2.45) is 0 Å². The number of aliphatic hydroxyl groups excluding tert-OH is 1. The zero-order chi connectivity index (χ0) is 14.7. The number of amides is 1. The highest BCUT2D eigenvalue weighted by Gasteiger charge is 2.35. The Kier molecular flexibility index (Phi) is 4.86. The topological polar surface area (TPSA) is 61.8 Å². The number of nitrogens with one attached hydrogen (secondary N) is 1. The fourth-order valence-corrected chi connectivity index (χ4v) is 2.66. The smallest absolute Gasteiger partial charge is 0.255 e. The van der Waals surface area contributed by atoms with Crippen molar-refractivity contribution in [2.75, 3.05) is 32.6 Å². The Labute approximate surface area is 123 Å². The molecular weight excluding hydrogens is 280 g/mol. The molecule has 2 atom stereocenters. The Morgan fingerprint density at radius 1 is 1.60 bits per heavy atom. The molecule has 1 aliphatic heterocycles. The van der Waals surface area contributed by atoms with Gasteiger partial charge in [-0.05, 0) is 24.6 Å². The summed E-state index contributed by atoms with van der Waals surface area (Å²) in [7, 11) is 3.40. The Bertz CT molecular complexity index is 495. The summed E-state index contributed by atoms with van der Waals surface area (Å²) in [6.07, 6.45) is 0.601. The molecule has 0 radical (unpaired) electrons. The first-order chi connectivity index (χ1) is 9.60. The summed E-state index contributed by atoms with van der Waals surface area (Å²) in [5, 5.41) is 12.8. The van der Waals surface area contributed by atoms with Gasteiger partial charge in [-0.15, -0.1) is 0 Å². The molecule has 6 heteroatoms. The Balaban J connectivity index is 2.26. The molecule has 1 heterocycles. The Hall–Kier alpha value is -1.30. The highest BCUT2D eigenvalue weighted by atomic mass is 35.5. The van der Waals surface area contributed by atoms with Crippen molar-refractivity contribution < 1.29 is 14.6 Å². The van der Waals surface area contributed by atoms with Crippen molar-refractivity contribution in [3.05, 3.63) is 28.8 Å². The van der Waals surface area contributed by atoms with E-state index in [1.807, 2.05) is 6.07 Å². The SMILES string of the molecule is CNc1ccc(Cl)c(C(=O)N2C[C@H](OC)C[C@H]2CO)c1. The van der Waals surface area contributed by atoms with Gasteiger partial charge in [0.15, 0.2) is 0 Å². The van der Waals surface area contributed by atoms with E-state index >= 15 is 0 Å². The van der Waals surface area contributed by atoms with Crippen molar-refractivity contribution in [1.82, 2.24) is 4.90 Å². The molecule has 110 valence electrons. The first-order valence-electron chi connectivity index (χ1n) is 6.52. The quantitative estimate of drug-likeness (QED) is 0.886. The van der Waals surface area contributed by atoms with Gasteiger partial charge in [-0.1, -0.05) is 11.6 Å². The van der Waals surface area contributed by atoms with Crippen molar-refractivity contribution in [1.29, 1.82) is 0 Å². The van der Waals surface area contributed by atoms with Crippen molar-refractivity contribution in [2.45, 2.75) is 18.6 Å². The minimum absolute atomic E-state index is 0.0395. The van der Waals surface area contributed by atoms with Crippen molar-refractivity contribution in [3.8, 4) is 0 Å². The molecule has 2 rings (SSSR count). The van der Waals surface area contributed by atoms with Gasteiger partial charge in [-0.3, -0.25) is 4.79 Å². The van der Waals surface area contributed by atoms with Crippen LogP contribution in [0.3, 0.4) is 0 Å². The number of methoxy groups -OCH3 is 1. The average Bonchev–Trinajstić information content (AvgIpc) is 2.90. The van der Waals surface area contributed by atoms with Gasteiger partial charge in [0.1, 0.15) is 0 Å². The van der Waals surface area contributed by atoms with E-state index in [1.165, 1.54) is 0 Å². The molecule has 5 nitrogen and oxygen atoms in total. The minimum Gasteiger partial charge on any atom is -0.394 e. The third-order valence-corrected chi connectivity index (χ3v) is 4.00. The van der Waals surface area contributed by atoms with Crippen LogP contribution in [-0.2, 0) is 4.74 Å². The van der Waals surface area contributed by atoms with Crippen LogP contribution in [0.25, 0.3) is 0 Å². The third kappa shape index (κ3) is 2.90. The van der Waals surface area contributed by atoms with E-state index in [9.17, 15) is 9.90 Å². The van der Waals surface area contributed by atoms with Crippen molar-refractivity contribution >= 4 is 23.2 Å². The van der Waals surface area contributed by atoms with Crippen LogP contribution in [0.1, 0.15) is 16.8 Å². The van der Waals surface area contributed by atoms with Crippen LogP contribution in [0.5, 0.6) is 0 Å². The van der Waals surface area contributed by atoms with E-state index < -0.39 is 0 Å². The van der Waals surface area contributed by atoms with E-state index in [1.54, 1.807) is 31.2 Å². The first kappa shape index (κ1) is 15.1. The number of hydrogen-bond acceptors (Lipinski definition) is 4. The lowest BCUT2D eigenvalue weighted by Gasteiger charge is -2.23. The van der Waals surface area contributed by atoms with Gasteiger partial charge in [-0.2, -0.15) is 0 Å². The highest BCUT2D eigenvalue weighted by molar-refractivity contribution is 6.34.